The second-order valence-electron chi connectivity index (χ2n) is 5.03. The third kappa shape index (κ3) is 3.68. The molecule has 0 spiro atoms. The van der Waals surface area contributed by atoms with Crippen LogP contribution in [-0.4, -0.2) is 43.2 Å². The summed E-state index contributed by atoms with van der Waals surface area (Å²) in [6.07, 6.45) is 4.26. The molecule has 1 aliphatic heterocycles. The van der Waals surface area contributed by atoms with Gasteiger partial charge in [-0.15, -0.1) is 24.2 Å². The summed E-state index contributed by atoms with van der Waals surface area (Å²) in [6.45, 7) is 3.78. The van der Waals surface area contributed by atoms with Crippen molar-refractivity contribution in [3.05, 3.63) is 29.3 Å². The van der Waals surface area contributed by atoms with Gasteiger partial charge in [-0.1, -0.05) is 6.07 Å². The maximum Gasteiger partial charge on any atom is 0.254 e. The summed E-state index contributed by atoms with van der Waals surface area (Å²) in [7, 11) is 1.95. The van der Waals surface area contributed by atoms with Gasteiger partial charge in [-0.2, -0.15) is 0 Å². The Labute approximate surface area is 131 Å². The lowest BCUT2D eigenvalue weighted by atomic mass is 10.1. The molecule has 0 aromatic heterocycles. The highest BCUT2D eigenvalue weighted by Crippen LogP contribution is 2.24. The van der Waals surface area contributed by atoms with Crippen molar-refractivity contribution >= 4 is 30.1 Å². The second-order valence-corrected chi connectivity index (χ2v) is 5.91. The fraction of sp³-hybridized carbons (Fsp3) is 0.533. The molecule has 0 radical (unpaired) electrons. The Hall–Kier alpha value is -0.710. The van der Waals surface area contributed by atoms with Crippen LogP contribution in [0.25, 0.3) is 0 Å². The Morgan fingerprint density at radius 2 is 2.25 bits per heavy atom. The fourth-order valence-corrected chi connectivity index (χ4v) is 3.10. The number of amides is 1. The molecule has 1 fully saturated rings. The highest BCUT2D eigenvalue weighted by molar-refractivity contribution is 7.98. The third-order valence-corrected chi connectivity index (χ3v) is 4.48. The van der Waals surface area contributed by atoms with Crippen molar-refractivity contribution in [1.82, 2.24) is 10.2 Å². The number of carbonyl (C=O) groups excluding carboxylic acids is 1. The van der Waals surface area contributed by atoms with Crippen LogP contribution in [-0.2, 0) is 0 Å². The summed E-state index contributed by atoms with van der Waals surface area (Å²) < 4.78 is 0. The summed E-state index contributed by atoms with van der Waals surface area (Å²) in [6, 6.07) is 6.49. The van der Waals surface area contributed by atoms with E-state index in [4.69, 9.17) is 0 Å². The van der Waals surface area contributed by atoms with E-state index in [0.29, 0.717) is 6.04 Å². The Morgan fingerprint density at radius 3 is 2.90 bits per heavy atom. The maximum absolute atomic E-state index is 12.7. The van der Waals surface area contributed by atoms with Gasteiger partial charge >= 0.3 is 0 Å². The predicted molar refractivity (Wildman–Crippen MR) is 88.2 cm³/mol. The first-order chi connectivity index (χ1) is 9.17. The molecule has 0 aliphatic carbocycles. The van der Waals surface area contributed by atoms with Crippen LogP contribution in [0.3, 0.4) is 0 Å². The zero-order chi connectivity index (χ0) is 13.8. The molecule has 2 rings (SSSR count). The van der Waals surface area contributed by atoms with Gasteiger partial charge in [-0.3, -0.25) is 4.79 Å². The smallest absolute Gasteiger partial charge is 0.254 e. The number of rotatable bonds is 4. The minimum absolute atomic E-state index is 0. The molecule has 3 nitrogen and oxygen atoms in total. The van der Waals surface area contributed by atoms with Crippen LogP contribution in [0.5, 0.6) is 0 Å². The SMILES string of the molecule is CNCC1CCCN1C(=O)c1cc(SC)ccc1C.Cl. The van der Waals surface area contributed by atoms with Crippen LogP contribution in [0.15, 0.2) is 23.1 Å². The predicted octanol–water partition coefficient (Wildman–Crippen LogP) is 2.96. The van der Waals surface area contributed by atoms with Crippen molar-refractivity contribution in [3.8, 4) is 0 Å². The molecule has 1 N–H and O–H groups in total. The first-order valence-electron chi connectivity index (χ1n) is 6.77. The fourth-order valence-electron chi connectivity index (χ4n) is 2.66. The van der Waals surface area contributed by atoms with E-state index < -0.39 is 0 Å². The number of hydrogen-bond donors (Lipinski definition) is 1. The molecule has 0 bridgehead atoms. The van der Waals surface area contributed by atoms with Crippen LogP contribution in [0.1, 0.15) is 28.8 Å². The van der Waals surface area contributed by atoms with Crippen LogP contribution in [0.4, 0.5) is 0 Å². The van der Waals surface area contributed by atoms with Crippen molar-refractivity contribution < 1.29 is 4.79 Å². The van der Waals surface area contributed by atoms with Gasteiger partial charge < -0.3 is 10.2 Å². The molecule has 1 aromatic rings. The highest BCUT2D eigenvalue weighted by Gasteiger charge is 2.29. The van der Waals surface area contributed by atoms with E-state index in [1.165, 1.54) is 0 Å². The van der Waals surface area contributed by atoms with Gasteiger partial charge in [0.1, 0.15) is 0 Å². The molecule has 1 atom stereocenters. The van der Waals surface area contributed by atoms with Crippen molar-refractivity contribution in [2.24, 2.45) is 0 Å². The topological polar surface area (TPSA) is 32.3 Å². The van der Waals surface area contributed by atoms with Crippen molar-refractivity contribution in [1.29, 1.82) is 0 Å². The Bertz CT molecular complexity index is 467. The zero-order valence-corrected chi connectivity index (χ0v) is 13.9. The standard InChI is InChI=1S/C15H22N2OS.ClH/c1-11-6-7-13(19-3)9-14(11)15(18)17-8-4-5-12(17)10-16-2;/h6-7,9,12,16H,4-5,8,10H2,1-3H3;1H. The molecule has 1 saturated heterocycles. The number of thioether (sulfide) groups is 1. The lowest BCUT2D eigenvalue weighted by Crippen LogP contribution is -2.41. The molecule has 5 heteroatoms. The quantitative estimate of drug-likeness (QED) is 0.867. The number of nitrogens with one attached hydrogen (secondary N) is 1. The summed E-state index contributed by atoms with van der Waals surface area (Å²) in [5, 5.41) is 3.19. The van der Waals surface area contributed by atoms with Gasteiger partial charge in [0.2, 0.25) is 0 Å². The normalized spacial score (nSPS) is 17.9. The molecule has 1 amide bonds. The zero-order valence-electron chi connectivity index (χ0n) is 12.3. The van der Waals surface area contributed by atoms with Gasteiger partial charge in [-0.05, 0) is 50.8 Å². The minimum Gasteiger partial charge on any atom is -0.334 e. The van der Waals surface area contributed by atoms with Crippen LogP contribution in [0.2, 0.25) is 0 Å². The molecule has 20 heavy (non-hydrogen) atoms. The van der Waals surface area contributed by atoms with Gasteiger partial charge in [-0.25, -0.2) is 0 Å². The van der Waals surface area contributed by atoms with Gasteiger partial charge in [0.05, 0.1) is 0 Å². The van der Waals surface area contributed by atoms with Crippen molar-refractivity contribution in [2.75, 3.05) is 26.4 Å². The molecular formula is C15H23ClN2OS. The van der Waals surface area contributed by atoms with Crippen molar-refractivity contribution in [2.45, 2.75) is 30.7 Å². The molecule has 0 saturated carbocycles. The Morgan fingerprint density at radius 1 is 1.50 bits per heavy atom. The Balaban J connectivity index is 0.00000200. The van der Waals surface area contributed by atoms with Crippen molar-refractivity contribution in [3.63, 3.8) is 0 Å². The van der Waals surface area contributed by atoms with E-state index in [0.717, 1.165) is 42.0 Å². The molecule has 1 heterocycles. The summed E-state index contributed by atoms with van der Waals surface area (Å²) >= 11 is 1.68. The van der Waals surface area contributed by atoms with E-state index in [2.05, 4.69) is 11.4 Å². The number of likely N-dealkylation sites (tertiary alicyclic amines) is 1. The Kier molecular flexibility index (Phi) is 6.86. The van der Waals surface area contributed by atoms with E-state index in [9.17, 15) is 4.79 Å². The summed E-state index contributed by atoms with van der Waals surface area (Å²) in [5.74, 6) is 0.186. The lowest BCUT2D eigenvalue weighted by molar-refractivity contribution is 0.0736. The van der Waals surface area contributed by atoms with E-state index >= 15 is 0 Å². The molecule has 1 unspecified atom stereocenters. The number of hydrogen-bond acceptors (Lipinski definition) is 3. The van der Waals surface area contributed by atoms with E-state index in [1.807, 2.05) is 37.3 Å². The van der Waals surface area contributed by atoms with Crippen LogP contribution >= 0.6 is 24.2 Å². The van der Waals surface area contributed by atoms with Gasteiger partial charge in [0, 0.05) is 29.6 Å². The molecule has 112 valence electrons. The number of carbonyl (C=O) groups is 1. The second kappa shape index (κ2) is 7.91. The first-order valence-corrected chi connectivity index (χ1v) is 8.00. The van der Waals surface area contributed by atoms with Crippen LogP contribution < -0.4 is 5.32 Å². The average Bonchev–Trinajstić information content (AvgIpc) is 2.87. The third-order valence-electron chi connectivity index (χ3n) is 3.75. The van der Waals surface area contributed by atoms with E-state index in [-0.39, 0.29) is 18.3 Å². The monoisotopic (exact) mass is 314 g/mol. The largest absolute Gasteiger partial charge is 0.334 e. The first kappa shape index (κ1) is 17.3. The number of halogens is 1. The molecule has 1 aliphatic rings. The number of aryl methyl sites for hydroxylation is 1. The maximum atomic E-state index is 12.7. The van der Waals surface area contributed by atoms with Gasteiger partial charge in [0.25, 0.3) is 5.91 Å². The van der Waals surface area contributed by atoms with Crippen LogP contribution in [0, 0.1) is 6.92 Å². The lowest BCUT2D eigenvalue weighted by Gasteiger charge is -2.25. The number of likely N-dealkylation sites (N-methyl/N-ethyl adjacent to an activating group) is 1. The molecule has 1 aromatic carbocycles. The minimum atomic E-state index is 0. The summed E-state index contributed by atoms with van der Waals surface area (Å²) in [5.41, 5.74) is 1.92. The number of nitrogens with zero attached hydrogens (tertiary/aromatic N) is 1. The van der Waals surface area contributed by atoms with Gasteiger partial charge in [0.15, 0.2) is 0 Å². The average molecular weight is 315 g/mol. The number of benzene rings is 1. The summed E-state index contributed by atoms with van der Waals surface area (Å²) in [4.78, 5) is 15.9. The highest BCUT2D eigenvalue weighted by atomic mass is 35.5. The molecular weight excluding hydrogens is 292 g/mol. The van der Waals surface area contributed by atoms with E-state index in [1.54, 1.807) is 11.8 Å².